The smallest absolute Gasteiger partial charge is 0.234 e. The van der Waals surface area contributed by atoms with E-state index in [1.54, 1.807) is 18.2 Å². The summed E-state index contributed by atoms with van der Waals surface area (Å²) in [7, 11) is 0. The van der Waals surface area contributed by atoms with Gasteiger partial charge < -0.3 is 10.4 Å². The highest BCUT2D eigenvalue weighted by molar-refractivity contribution is 7.81. The lowest BCUT2D eigenvalue weighted by Crippen LogP contribution is -2.12. The number of rotatable bonds is 2. The molecule has 0 spiro atoms. The maximum absolute atomic E-state index is 10.8. The zero-order valence-electron chi connectivity index (χ0n) is 6.32. The SMILES string of the molecule is O=C(CS)Nc1ccccc1O. The van der Waals surface area contributed by atoms with Gasteiger partial charge in [0, 0.05) is 0 Å². The first-order valence-electron chi connectivity index (χ1n) is 3.42. The molecule has 1 amide bonds. The Balaban J connectivity index is 2.75. The molecule has 0 unspecified atom stereocenters. The van der Waals surface area contributed by atoms with Gasteiger partial charge in [0.25, 0.3) is 0 Å². The van der Waals surface area contributed by atoms with Gasteiger partial charge in [0.1, 0.15) is 5.75 Å². The largest absolute Gasteiger partial charge is 0.506 e. The van der Waals surface area contributed by atoms with Gasteiger partial charge in [-0.25, -0.2) is 0 Å². The lowest BCUT2D eigenvalue weighted by atomic mass is 10.3. The summed E-state index contributed by atoms with van der Waals surface area (Å²) < 4.78 is 0. The summed E-state index contributed by atoms with van der Waals surface area (Å²) in [6, 6.07) is 6.55. The molecule has 0 aliphatic carbocycles. The van der Waals surface area contributed by atoms with Crippen molar-refractivity contribution in [3.05, 3.63) is 24.3 Å². The normalized spacial score (nSPS) is 9.42. The highest BCUT2D eigenvalue weighted by Crippen LogP contribution is 2.21. The molecule has 0 saturated heterocycles. The second kappa shape index (κ2) is 4.01. The summed E-state index contributed by atoms with van der Waals surface area (Å²) in [6.07, 6.45) is 0. The number of hydrogen-bond acceptors (Lipinski definition) is 3. The third-order valence-electron chi connectivity index (χ3n) is 1.32. The average molecular weight is 183 g/mol. The summed E-state index contributed by atoms with van der Waals surface area (Å²) in [4.78, 5) is 10.8. The number of benzene rings is 1. The fourth-order valence-corrected chi connectivity index (χ4v) is 0.848. The van der Waals surface area contributed by atoms with Crippen LogP contribution in [0.2, 0.25) is 0 Å². The summed E-state index contributed by atoms with van der Waals surface area (Å²) in [5, 5.41) is 11.7. The lowest BCUT2D eigenvalue weighted by Gasteiger charge is -2.04. The van der Waals surface area contributed by atoms with E-state index in [4.69, 9.17) is 0 Å². The van der Waals surface area contributed by atoms with Crippen LogP contribution in [0.15, 0.2) is 24.3 Å². The molecule has 0 aromatic heterocycles. The van der Waals surface area contributed by atoms with Gasteiger partial charge in [0.05, 0.1) is 11.4 Å². The molecule has 2 N–H and O–H groups in total. The predicted molar refractivity (Wildman–Crippen MR) is 50.6 cm³/mol. The number of aromatic hydroxyl groups is 1. The number of phenols is 1. The third-order valence-corrected chi connectivity index (χ3v) is 1.61. The second-order valence-electron chi connectivity index (χ2n) is 2.22. The average Bonchev–Trinajstić information content (AvgIpc) is 2.09. The van der Waals surface area contributed by atoms with Gasteiger partial charge in [-0.05, 0) is 12.1 Å². The molecular formula is C8H9NO2S. The van der Waals surface area contributed by atoms with Crippen molar-refractivity contribution in [1.29, 1.82) is 0 Å². The van der Waals surface area contributed by atoms with E-state index in [1.165, 1.54) is 6.07 Å². The van der Waals surface area contributed by atoms with Gasteiger partial charge in [0.15, 0.2) is 0 Å². The summed E-state index contributed by atoms with van der Waals surface area (Å²) >= 11 is 3.79. The number of phenolic OH excluding ortho intramolecular Hbond substituents is 1. The lowest BCUT2D eigenvalue weighted by molar-refractivity contribution is -0.113. The quantitative estimate of drug-likeness (QED) is 0.477. The predicted octanol–water partition coefficient (Wildman–Crippen LogP) is 1.26. The molecule has 0 heterocycles. The Bertz CT molecular complexity index is 288. The van der Waals surface area contributed by atoms with E-state index < -0.39 is 0 Å². The fraction of sp³-hybridized carbons (Fsp3) is 0.125. The van der Waals surface area contributed by atoms with Crippen LogP contribution in [-0.2, 0) is 4.79 Å². The number of anilines is 1. The number of carbonyl (C=O) groups is 1. The molecule has 1 aromatic carbocycles. The fourth-order valence-electron chi connectivity index (χ4n) is 0.769. The minimum atomic E-state index is -0.236. The van der Waals surface area contributed by atoms with E-state index in [1.807, 2.05) is 0 Å². The topological polar surface area (TPSA) is 49.3 Å². The summed E-state index contributed by atoms with van der Waals surface area (Å²) in [5.74, 6) is -0.0682. The van der Waals surface area contributed by atoms with Gasteiger partial charge in [-0.3, -0.25) is 4.79 Å². The van der Waals surface area contributed by atoms with Crippen molar-refractivity contribution in [2.24, 2.45) is 0 Å². The molecule has 0 radical (unpaired) electrons. The Hall–Kier alpha value is -1.16. The first-order valence-corrected chi connectivity index (χ1v) is 4.06. The number of nitrogens with one attached hydrogen (secondary N) is 1. The zero-order valence-corrected chi connectivity index (χ0v) is 7.21. The molecule has 0 bridgehead atoms. The Morgan fingerprint density at radius 1 is 1.50 bits per heavy atom. The van der Waals surface area contributed by atoms with Gasteiger partial charge in [-0.15, -0.1) is 0 Å². The second-order valence-corrected chi connectivity index (χ2v) is 2.54. The molecule has 1 aromatic rings. The van der Waals surface area contributed by atoms with Gasteiger partial charge in [-0.2, -0.15) is 12.6 Å². The Morgan fingerprint density at radius 2 is 2.17 bits per heavy atom. The van der Waals surface area contributed by atoms with E-state index in [9.17, 15) is 9.90 Å². The van der Waals surface area contributed by atoms with E-state index >= 15 is 0 Å². The molecule has 4 heteroatoms. The number of hydrogen-bond donors (Lipinski definition) is 3. The van der Waals surface area contributed by atoms with Crippen molar-refractivity contribution in [3.8, 4) is 5.75 Å². The van der Waals surface area contributed by atoms with Gasteiger partial charge >= 0.3 is 0 Å². The first-order chi connectivity index (χ1) is 5.74. The minimum Gasteiger partial charge on any atom is -0.506 e. The monoisotopic (exact) mass is 183 g/mol. The highest BCUT2D eigenvalue weighted by atomic mass is 32.1. The van der Waals surface area contributed by atoms with Crippen molar-refractivity contribution < 1.29 is 9.90 Å². The number of amides is 1. The third kappa shape index (κ3) is 2.17. The van der Waals surface area contributed by atoms with Crippen molar-refractivity contribution in [2.45, 2.75) is 0 Å². The minimum absolute atomic E-state index is 0.0626. The first kappa shape index (κ1) is 8.93. The van der Waals surface area contributed by atoms with Crippen LogP contribution in [0.25, 0.3) is 0 Å². The van der Waals surface area contributed by atoms with E-state index in [-0.39, 0.29) is 17.4 Å². The van der Waals surface area contributed by atoms with Crippen molar-refractivity contribution in [2.75, 3.05) is 11.1 Å². The zero-order chi connectivity index (χ0) is 8.97. The number of para-hydroxylation sites is 2. The molecule has 0 aliphatic heterocycles. The molecule has 3 nitrogen and oxygen atoms in total. The van der Waals surface area contributed by atoms with Gasteiger partial charge in [0.2, 0.25) is 5.91 Å². The van der Waals surface area contributed by atoms with Crippen LogP contribution in [0.3, 0.4) is 0 Å². The maximum Gasteiger partial charge on any atom is 0.234 e. The molecule has 1 rings (SSSR count). The highest BCUT2D eigenvalue weighted by Gasteiger charge is 2.02. The van der Waals surface area contributed by atoms with Crippen LogP contribution >= 0.6 is 12.6 Å². The van der Waals surface area contributed by atoms with Crippen molar-refractivity contribution in [3.63, 3.8) is 0 Å². The Morgan fingerprint density at radius 3 is 2.75 bits per heavy atom. The van der Waals surface area contributed by atoms with Crippen LogP contribution in [0.1, 0.15) is 0 Å². The molecule has 12 heavy (non-hydrogen) atoms. The Kier molecular flexibility index (Phi) is 2.99. The van der Waals surface area contributed by atoms with Gasteiger partial charge in [-0.1, -0.05) is 12.1 Å². The van der Waals surface area contributed by atoms with E-state index in [0.717, 1.165) is 0 Å². The summed E-state index contributed by atoms with van der Waals surface area (Å²) in [6.45, 7) is 0. The van der Waals surface area contributed by atoms with Crippen molar-refractivity contribution >= 4 is 24.2 Å². The standard InChI is InChI=1S/C8H9NO2S/c10-7-4-2-1-3-6(7)9-8(11)5-12/h1-4,10,12H,5H2,(H,9,11). The van der Waals surface area contributed by atoms with Crippen LogP contribution in [-0.4, -0.2) is 16.8 Å². The van der Waals surface area contributed by atoms with Crippen LogP contribution < -0.4 is 5.32 Å². The van der Waals surface area contributed by atoms with E-state index in [0.29, 0.717) is 5.69 Å². The van der Waals surface area contributed by atoms with E-state index in [2.05, 4.69) is 17.9 Å². The Labute approximate surface area is 75.8 Å². The molecular weight excluding hydrogens is 174 g/mol. The van der Waals surface area contributed by atoms with Crippen molar-refractivity contribution in [1.82, 2.24) is 0 Å². The number of carbonyl (C=O) groups excluding carboxylic acids is 1. The molecule has 0 fully saturated rings. The molecule has 0 aliphatic rings. The molecule has 0 atom stereocenters. The molecule has 0 saturated carbocycles. The summed E-state index contributed by atoms with van der Waals surface area (Å²) in [5.41, 5.74) is 0.413. The molecule has 64 valence electrons. The van der Waals surface area contributed by atoms with Crippen LogP contribution in [0, 0.1) is 0 Å². The van der Waals surface area contributed by atoms with Crippen LogP contribution in [0.4, 0.5) is 5.69 Å². The van der Waals surface area contributed by atoms with Crippen LogP contribution in [0.5, 0.6) is 5.75 Å². The maximum atomic E-state index is 10.8. The number of thiol groups is 1.